The Hall–Kier alpha value is -4.68. The van der Waals surface area contributed by atoms with E-state index in [4.69, 9.17) is 0 Å². The molecule has 0 heteroatoms. The minimum absolute atomic E-state index is 0.0434. The third kappa shape index (κ3) is 6.54. The summed E-state index contributed by atoms with van der Waals surface area (Å²) < 4.78 is 0. The summed E-state index contributed by atoms with van der Waals surface area (Å²) in [5.74, 6) is 0.421. The van der Waals surface area contributed by atoms with Gasteiger partial charge in [-0.1, -0.05) is 187 Å². The third-order valence-electron chi connectivity index (χ3n) is 10.9. The highest BCUT2D eigenvalue weighted by molar-refractivity contribution is 5.50. The molecule has 1 saturated carbocycles. The molecule has 0 nitrogen and oxygen atoms in total. The Morgan fingerprint density at radius 2 is 0.542 bits per heavy atom. The normalized spacial score (nSPS) is 14.4. The zero-order valence-electron chi connectivity index (χ0n) is 29.0. The van der Waals surface area contributed by atoms with Gasteiger partial charge in [0.05, 0.1) is 0 Å². The predicted molar refractivity (Wildman–Crippen MR) is 203 cm³/mol. The monoisotopic (exact) mass is 624 g/mol. The van der Waals surface area contributed by atoms with Gasteiger partial charge in [-0.3, -0.25) is 0 Å². The third-order valence-corrected chi connectivity index (χ3v) is 10.9. The second kappa shape index (κ2) is 13.8. The Balaban J connectivity index is 1.25. The Labute approximate surface area is 288 Å². The Kier molecular flexibility index (Phi) is 9.18. The van der Waals surface area contributed by atoms with Crippen LogP contribution in [-0.4, -0.2) is 0 Å². The van der Waals surface area contributed by atoms with Crippen LogP contribution in [0.2, 0.25) is 0 Å². The van der Waals surface area contributed by atoms with Crippen LogP contribution in [0.15, 0.2) is 146 Å². The largest absolute Gasteiger partial charge is 0.0590 e. The first kappa shape index (κ1) is 31.9. The molecule has 0 aliphatic heterocycles. The second-order valence-electron chi connectivity index (χ2n) is 14.4. The van der Waals surface area contributed by atoms with Crippen LogP contribution in [0, 0.1) is 27.7 Å². The van der Waals surface area contributed by atoms with Crippen LogP contribution in [0.25, 0.3) is 0 Å². The molecule has 1 aliphatic rings. The molecule has 6 aromatic rings. The maximum absolute atomic E-state index is 2.45. The van der Waals surface area contributed by atoms with Crippen LogP contribution in [-0.2, 0) is 5.41 Å². The summed E-state index contributed by atoms with van der Waals surface area (Å²) in [4.78, 5) is 0. The van der Waals surface area contributed by atoms with Crippen LogP contribution in [0.1, 0.15) is 111 Å². The summed E-state index contributed by atoms with van der Waals surface area (Å²) in [5, 5.41) is 0. The Morgan fingerprint density at radius 1 is 0.312 bits per heavy atom. The van der Waals surface area contributed by atoms with Gasteiger partial charge in [0, 0.05) is 17.3 Å². The van der Waals surface area contributed by atoms with Crippen LogP contribution >= 0.6 is 0 Å². The minimum atomic E-state index is 0.0434. The topological polar surface area (TPSA) is 0 Å². The molecular weight excluding hydrogens is 577 g/mol. The summed E-state index contributed by atoms with van der Waals surface area (Å²) in [7, 11) is 0. The quantitative estimate of drug-likeness (QED) is 0.148. The lowest BCUT2D eigenvalue weighted by molar-refractivity contribution is 0.346. The van der Waals surface area contributed by atoms with Crippen molar-refractivity contribution < 1.29 is 0 Å². The van der Waals surface area contributed by atoms with E-state index in [1.165, 1.54) is 98.9 Å². The van der Waals surface area contributed by atoms with Gasteiger partial charge in [0.2, 0.25) is 0 Å². The van der Waals surface area contributed by atoms with Crippen LogP contribution in [0.5, 0.6) is 0 Å². The van der Waals surface area contributed by atoms with Crippen molar-refractivity contribution in [3.05, 3.63) is 212 Å². The van der Waals surface area contributed by atoms with Gasteiger partial charge < -0.3 is 0 Å². The summed E-state index contributed by atoms with van der Waals surface area (Å²) in [6.07, 6.45) is 6.26. The molecule has 1 fully saturated rings. The summed E-state index contributed by atoms with van der Waals surface area (Å²) in [6.45, 7) is 8.67. The van der Waals surface area contributed by atoms with Crippen molar-refractivity contribution in [1.82, 2.24) is 0 Å². The predicted octanol–water partition coefficient (Wildman–Crippen LogP) is 12.5. The van der Waals surface area contributed by atoms with Gasteiger partial charge in [0.1, 0.15) is 0 Å². The number of benzene rings is 6. The molecule has 6 aromatic carbocycles. The maximum atomic E-state index is 2.45. The van der Waals surface area contributed by atoms with Crippen molar-refractivity contribution in [2.45, 2.75) is 77.0 Å². The molecule has 0 atom stereocenters. The van der Waals surface area contributed by atoms with E-state index < -0.39 is 0 Å². The number of hydrogen-bond donors (Lipinski definition) is 0. The summed E-state index contributed by atoms with van der Waals surface area (Å²) >= 11 is 0. The first-order chi connectivity index (χ1) is 23.4. The molecular formula is C48H48. The van der Waals surface area contributed by atoms with Crippen molar-refractivity contribution in [2.24, 2.45) is 0 Å². The van der Waals surface area contributed by atoms with Crippen molar-refractivity contribution in [3.8, 4) is 0 Å². The molecule has 0 aromatic heterocycles. The average Bonchev–Trinajstić information content (AvgIpc) is 3.13. The van der Waals surface area contributed by atoms with Crippen LogP contribution in [0.4, 0.5) is 0 Å². The van der Waals surface area contributed by atoms with E-state index in [0.29, 0.717) is 0 Å². The maximum Gasteiger partial charge on any atom is 0.0339 e. The highest BCUT2D eigenvalue weighted by atomic mass is 14.4. The highest BCUT2D eigenvalue weighted by Crippen LogP contribution is 2.46. The molecule has 0 spiro atoms. The zero-order chi connectivity index (χ0) is 33.1. The van der Waals surface area contributed by atoms with E-state index in [1.807, 2.05) is 0 Å². The molecule has 0 heterocycles. The van der Waals surface area contributed by atoms with Crippen LogP contribution in [0.3, 0.4) is 0 Å². The fourth-order valence-corrected chi connectivity index (χ4v) is 8.08. The molecule has 0 N–H and O–H groups in total. The van der Waals surface area contributed by atoms with E-state index in [1.54, 1.807) is 0 Å². The molecule has 0 radical (unpaired) electrons. The van der Waals surface area contributed by atoms with Gasteiger partial charge in [-0.05, 0) is 85.0 Å². The van der Waals surface area contributed by atoms with E-state index >= 15 is 0 Å². The fraction of sp³-hybridized carbons (Fsp3) is 0.250. The lowest BCUT2D eigenvalue weighted by Crippen LogP contribution is -2.30. The molecule has 48 heavy (non-hydrogen) atoms. The van der Waals surface area contributed by atoms with Gasteiger partial charge >= 0.3 is 0 Å². The Bertz CT molecular complexity index is 1690. The lowest BCUT2D eigenvalue weighted by atomic mass is 9.65. The van der Waals surface area contributed by atoms with Crippen molar-refractivity contribution in [3.63, 3.8) is 0 Å². The smallest absolute Gasteiger partial charge is 0.0339 e. The van der Waals surface area contributed by atoms with Gasteiger partial charge in [0.25, 0.3) is 0 Å². The molecule has 1 aliphatic carbocycles. The summed E-state index contributed by atoms with van der Waals surface area (Å²) in [5.41, 5.74) is 16.2. The van der Waals surface area contributed by atoms with E-state index in [0.717, 1.165) is 0 Å². The van der Waals surface area contributed by atoms with Gasteiger partial charge in [0.15, 0.2) is 0 Å². The molecule has 0 saturated heterocycles. The van der Waals surface area contributed by atoms with Crippen LogP contribution < -0.4 is 0 Å². The average molecular weight is 625 g/mol. The second-order valence-corrected chi connectivity index (χ2v) is 14.4. The van der Waals surface area contributed by atoms with Crippen molar-refractivity contribution in [2.75, 3.05) is 0 Å². The number of aryl methyl sites for hydroxylation is 4. The van der Waals surface area contributed by atoms with Crippen molar-refractivity contribution >= 4 is 0 Å². The lowest BCUT2D eigenvalue weighted by Gasteiger charge is -2.39. The van der Waals surface area contributed by atoms with Gasteiger partial charge in [-0.25, -0.2) is 0 Å². The summed E-state index contributed by atoms with van der Waals surface area (Å²) in [6, 6.07) is 55.8. The standard InChI is InChI=1S/C48H48/c1-34-8-16-38(17-9-34)46(39-18-10-35(2)11-19-39)42-24-28-44(29-25-42)48(32-6-5-7-33-48)45-30-26-43(27-31-45)47(40-20-12-36(3)13-21-40)41-22-14-37(4)15-23-41/h8-31,46-47H,5-7,32-33H2,1-4H3. The van der Waals surface area contributed by atoms with Crippen molar-refractivity contribution in [1.29, 1.82) is 0 Å². The fourth-order valence-electron chi connectivity index (χ4n) is 8.08. The molecule has 240 valence electrons. The van der Waals surface area contributed by atoms with E-state index in [9.17, 15) is 0 Å². The van der Waals surface area contributed by atoms with E-state index in [2.05, 4.69) is 173 Å². The number of hydrogen-bond acceptors (Lipinski definition) is 0. The van der Waals surface area contributed by atoms with Gasteiger partial charge in [-0.2, -0.15) is 0 Å². The van der Waals surface area contributed by atoms with Gasteiger partial charge in [-0.15, -0.1) is 0 Å². The van der Waals surface area contributed by atoms with E-state index in [-0.39, 0.29) is 17.3 Å². The highest BCUT2D eigenvalue weighted by Gasteiger charge is 2.36. The number of rotatable bonds is 8. The molecule has 7 rings (SSSR count). The first-order valence-electron chi connectivity index (χ1n) is 17.9. The molecule has 0 amide bonds. The minimum Gasteiger partial charge on any atom is -0.0590 e. The molecule has 0 unspecified atom stereocenters. The first-order valence-corrected chi connectivity index (χ1v) is 17.9. The molecule has 0 bridgehead atoms. The zero-order valence-corrected chi connectivity index (χ0v) is 29.0. The SMILES string of the molecule is Cc1ccc(C(c2ccc(C)cc2)c2ccc(C3(c4ccc(C(c5ccc(C)cc5)c5ccc(C)cc5)cc4)CCCCC3)cc2)cc1. The Morgan fingerprint density at radius 3 is 0.792 bits per heavy atom.